The highest BCUT2D eigenvalue weighted by atomic mass is 16.3. The second-order valence-corrected chi connectivity index (χ2v) is 16.9. The molecular formula is C40H72O2. The summed E-state index contributed by atoms with van der Waals surface area (Å²) < 4.78 is 0. The van der Waals surface area contributed by atoms with E-state index < -0.39 is 0 Å². The third kappa shape index (κ3) is 13.0. The molecule has 2 rings (SSSR count). The van der Waals surface area contributed by atoms with Crippen LogP contribution in [0.15, 0.2) is 36.5 Å². The van der Waals surface area contributed by atoms with E-state index in [4.69, 9.17) is 0 Å². The van der Waals surface area contributed by atoms with Gasteiger partial charge < -0.3 is 10.2 Å². The maximum Gasteiger partial charge on any atom is 0.0548 e. The van der Waals surface area contributed by atoms with E-state index in [1.165, 1.54) is 51.4 Å². The van der Waals surface area contributed by atoms with E-state index >= 15 is 0 Å². The first kappa shape index (κ1) is 37.3. The Hall–Kier alpha value is -0.860. The molecule has 0 spiro atoms. The molecule has 0 heterocycles. The van der Waals surface area contributed by atoms with Crippen LogP contribution in [0.5, 0.6) is 0 Å². The largest absolute Gasteiger partial charge is 0.393 e. The molecule has 10 atom stereocenters. The Labute approximate surface area is 262 Å². The van der Waals surface area contributed by atoms with Crippen LogP contribution in [0.1, 0.15) is 146 Å². The predicted molar refractivity (Wildman–Crippen MR) is 184 cm³/mol. The first-order valence-electron chi connectivity index (χ1n) is 18.0. The molecule has 2 heteroatoms. The summed E-state index contributed by atoms with van der Waals surface area (Å²) in [5.41, 5.74) is 0.386. The van der Waals surface area contributed by atoms with Crippen LogP contribution in [0.25, 0.3) is 0 Å². The summed E-state index contributed by atoms with van der Waals surface area (Å²) in [6.45, 7) is 23.5. The maximum atomic E-state index is 10.2. The minimum absolute atomic E-state index is 0.126. The second kappa shape index (κ2) is 17.6. The van der Waals surface area contributed by atoms with Crippen LogP contribution in [-0.2, 0) is 0 Å². The Morgan fingerprint density at radius 2 is 0.976 bits per heavy atom. The number of hydrogen-bond donors (Lipinski definition) is 2. The minimum Gasteiger partial charge on any atom is -0.393 e. The molecule has 0 aromatic rings. The van der Waals surface area contributed by atoms with E-state index in [0.717, 1.165) is 37.5 Å². The Kier molecular flexibility index (Phi) is 15.6. The number of rotatable bonds is 16. The first-order chi connectivity index (χ1) is 19.6. The lowest BCUT2D eigenvalue weighted by atomic mass is 9.63. The summed E-state index contributed by atoms with van der Waals surface area (Å²) in [6, 6.07) is 0. The molecule has 0 unspecified atom stereocenters. The SMILES string of the molecule is C[C@H](C/C=C/C[C@H](C)CCC[C@H](C)/C=C/[C@@H]1[C@H](C)C[C@H](O)CC1(C)C)CCC[C@@H](C)/C=C/[C@H]1[C@H](C)C[C@H](O)CC1(C)C. The Morgan fingerprint density at radius 3 is 1.31 bits per heavy atom. The summed E-state index contributed by atoms with van der Waals surface area (Å²) in [5.74, 6) is 5.08. The van der Waals surface area contributed by atoms with Gasteiger partial charge in [0, 0.05) is 0 Å². The van der Waals surface area contributed by atoms with E-state index in [0.29, 0.717) is 35.5 Å². The van der Waals surface area contributed by atoms with Gasteiger partial charge in [0.15, 0.2) is 0 Å². The summed E-state index contributed by atoms with van der Waals surface area (Å²) >= 11 is 0. The number of hydrogen-bond acceptors (Lipinski definition) is 2. The fourth-order valence-corrected chi connectivity index (χ4v) is 8.53. The zero-order valence-electron chi connectivity index (χ0n) is 29.6. The summed E-state index contributed by atoms with van der Waals surface area (Å²) in [6.07, 6.45) is 28.5. The average Bonchev–Trinajstić information content (AvgIpc) is 2.84. The van der Waals surface area contributed by atoms with Crippen LogP contribution in [0.4, 0.5) is 0 Å². The van der Waals surface area contributed by atoms with Crippen LogP contribution in [-0.4, -0.2) is 22.4 Å². The standard InChI is InChI=1S/C40H72O2/c1-29(17-13-19-31(3)21-23-37-33(5)25-35(41)27-39(37,7)8)15-11-12-16-30(2)18-14-20-32(4)22-24-38-34(6)26-36(42)28-40(38,9)10/h11-12,21-24,29-38,41-42H,13-20,25-28H2,1-10H3/b12-11+,23-21+,24-22+/t29-,30+,31-,32+,33-,34-,35+,36+,37+,38-/m1/s1. The number of aliphatic hydroxyl groups is 2. The van der Waals surface area contributed by atoms with E-state index in [1.807, 2.05) is 0 Å². The van der Waals surface area contributed by atoms with Gasteiger partial charge in [-0.3, -0.25) is 0 Å². The average molecular weight is 585 g/mol. The maximum absolute atomic E-state index is 10.2. The van der Waals surface area contributed by atoms with Crippen molar-refractivity contribution < 1.29 is 10.2 Å². The van der Waals surface area contributed by atoms with Crippen molar-refractivity contribution in [1.29, 1.82) is 0 Å². The molecule has 0 aliphatic heterocycles. The Morgan fingerprint density at radius 1 is 0.619 bits per heavy atom. The molecule has 2 nitrogen and oxygen atoms in total. The number of aliphatic hydroxyl groups excluding tert-OH is 2. The summed E-state index contributed by atoms with van der Waals surface area (Å²) in [5, 5.41) is 20.3. The van der Waals surface area contributed by atoms with Gasteiger partial charge in [-0.25, -0.2) is 0 Å². The normalized spacial score (nSPS) is 32.9. The third-order valence-corrected chi connectivity index (χ3v) is 11.1. The predicted octanol–water partition coefficient (Wildman–Crippen LogP) is 11.2. The molecule has 2 saturated carbocycles. The molecule has 2 aliphatic rings. The highest BCUT2D eigenvalue weighted by Gasteiger charge is 2.40. The molecule has 0 aromatic carbocycles. The topological polar surface area (TPSA) is 40.5 Å². The van der Waals surface area contributed by atoms with Crippen molar-refractivity contribution in [3.63, 3.8) is 0 Å². The van der Waals surface area contributed by atoms with Crippen molar-refractivity contribution >= 4 is 0 Å². The molecule has 0 aromatic heterocycles. The van der Waals surface area contributed by atoms with Crippen molar-refractivity contribution in [3.05, 3.63) is 36.5 Å². The second-order valence-electron chi connectivity index (χ2n) is 16.9. The fraction of sp³-hybridized carbons (Fsp3) is 0.850. The Balaban J connectivity index is 1.58. The van der Waals surface area contributed by atoms with Crippen LogP contribution in [0.2, 0.25) is 0 Å². The lowest BCUT2D eigenvalue weighted by Crippen LogP contribution is -2.38. The molecule has 2 fully saturated rings. The molecule has 244 valence electrons. The molecular weight excluding hydrogens is 512 g/mol. The first-order valence-corrected chi connectivity index (χ1v) is 18.0. The van der Waals surface area contributed by atoms with E-state index in [2.05, 4.69) is 106 Å². The molecule has 42 heavy (non-hydrogen) atoms. The van der Waals surface area contributed by atoms with E-state index in [9.17, 15) is 10.2 Å². The van der Waals surface area contributed by atoms with Crippen molar-refractivity contribution in [3.8, 4) is 0 Å². The van der Waals surface area contributed by atoms with Crippen molar-refractivity contribution in [1.82, 2.24) is 0 Å². The third-order valence-electron chi connectivity index (χ3n) is 11.1. The zero-order chi connectivity index (χ0) is 31.5. The lowest BCUT2D eigenvalue weighted by Gasteiger charge is -2.43. The molecule has 0 bridgehead atoms. The van der Waals surface area contributed by atoms with Crippen LogP contribution in [0, 0.1) is 58.2 Å². The highest BCUT2D eigenvalue weighted by molar-refractivity contribution is 5.04. The molecule has 2 N–H and O–H groups in total. The summed E-state index contributed by atoms with van der Waals surface area (Å²) in [4.78, 5) is 0. The van der Waals surface area contributed by atoms with Crippen LogP contribution < -0.4 is 0 Å². The van der Waals surface area contributed by atoms with E-state index in [-0.39, 0.29) is 23.0 Å². The monoisotopic (exact) mass is 585 g/mol. The minimum atomic E-state index is -0.126. The van der Waals surface area contributed by atoms with Gasteiger partial charge in [-0.05, 0) is 110 Å². The van der Waals surface area contributed by atoms with Gasteiger partial charge >= 0.3 is 0 Å². The summed E-state index contributed by atoms with van der Waals surface area (Å²) in [7, 11) is 0. The van der Waals surface area contributed by atoms with Crippen molar-refractivity contribution in [2.75, 3.05) is 0 Å². The van der Waals surface area contributed by atoms with Gasteiger partial charge in [-0.1, -0.05) is 131 Å². The van der Waals surface area contributed by atoms with Crippen molar-refractivity contribution in [2.45, 2.75) is 158 Å². The Bertz CT molecular complexity index is 767. The van der Waals surface area contributed by atoms with Gasteiger partial charge in [-0.15, -0.1) is 0 Å². The lowest BCUT2D eigenvalue weighted by molar-refractivity contribution is 0.00710. The molecule has 0 radical (unpaired) electrons. The van der Waals surface area contributed by atoms with Gasteiger partial charge in [0.1, 0.15) is 0 Å². The zero-order valence-corrected chi connectivity index (χ0v) is 29.6. The van der Waals surface area contributed by atoms with Crippen molar-refractivity contribution in [2.24, 2.45) is 58.2 Å². The molecule has 0 saturated heterocycles. The fourth-order valence-electron chi connectivity index (χ4n) is 8.53. The van der Waals surface area contributed by atoms with Gasteiger partial charge in [0.2, 0.25) is 0 Å². The van der Waals surface area contributed by atoms with E-state index in [1.54, 1.807) is 0 Å². The van der Waals surface area contributed by atoms with Crippen LogP contribution >= 0.6 is 0 Å². The number of allylic oxidation sites excluding steroid dienone is 6. The smallest absolute Gasteiger partial charge is 0.0548 e. The van der Waals surface area contributed by atoms with Gasteiger partial charge in [0.05, 0.1) is 12.2 Å². The molecule has 2 aliphatic carbocycles. The van der Waals surface area contributed by atoms with Gasteiger partial charge in [0.25, 0.3) is 0 Å². The molecule has 0 amide bonds. The quantitative estimate of drug-likeness (QED) is 0.177. The highest BCUT2D eigenvalue weighted by Crippen LogP contribution is 2.46. The van der Waals surface area contributed by atoms with Crippen LogP contribution in [0.3, 0.4) is 0 Å². The van der Waals surface area contributed by atoms with Gasteiger partial charge in [-0.2, -0.15) is 0 Å².